The zero-order chi connectivity index (χ0) is 30.4. The van der Waals surface area contributed by atoms with Crippen LogP contribution in [0.4, 0.5) is 15.8 Å². The Morgan fingerprint density at radius 1 is 0.976 bits per heavy atom. The summed E-state index contributed by atoms with van der Waals surface area (Å²) in [6, 6.07) is 16.4. The fourth-order valence-electron chi connectivity index (χ4n) is 4.55. The zero-order valence-electron chi connectivity index (χ0n) is 24.0. The van der Waals surface area contributed by atoms with Crippen molar-refractivity contribution in [2.75, 3.05) is 24.4 Å². The van der Waals surface area contributed by atoms with Crippen molar-refractivity contribution in [2.24, 2.45) is 5.92 Å². The molecule has 0 aliphatic carbocycles. The molecule has 1 heterocycles. The van der Waals surface area contributed by atoms with E-state index in [-0.39, 0.29) is 40.7 Å². The maximum absolute atomic E-state index is 13.6. The van der Waals surface area contributed by atoms with Crippen LogP contribution < -0.4 is 16.0 Å². The van der Waals surface area contributed by atoms with Gasteiger partial charge in [0.2, 0.25) is 5.91 Å². The predicted octanol–water partition coefficient (Wildman–Crippen LogP) is 6.56. The summed E-state index contributed by atoms with van der Waals surface area (Å²) in [6.07, 6.45) is 0.682. The smallest absolute Gasteiger partial charge is 0.272 e. The van der Waals surface area contributed by atoms with Crippen LogP contribution in [0.1, 0.15) is 52.2 Å². The number of aromatic nitrogens is 1. The Morgan fingerprint density at radius 2 is 1.76 bits per heavy atom. The molecule has 0 bridgehead atoms. The fraction of sp³-hybridized carbons (Fsp3) is 0.281. The molecule has 4 rings (SSSR count). The Morgan fingerprint density at radius 3 is 2.48 bits per heavy atom. The van der Waals surface area contributed by atoms with Gasteiger partial charge in [0.05, 0.1) is 10.6 Å². The molecule has 220 valence electrons. The number of fused-ring (bicyclic) bond motifs is 1. The SMILES string of the molecule is COCCCn1c(C(=O)Nc2ccc(F)cc2C)cc2cc(NC(=O)c3cc(CNC(=O)C(C)C)ccc3Cl)ccc21. The first-order chi connectivity index (χ1) is 20.1. The van der Waals surface area contributed by atoms with Gasteiger partial charge in [-0.3, -0.25) is 14.4 Å². The van der Waals surface area contributed by atoms with Crippen LogP contribution in [0.15, 0.2) is 60.7 Å². The number of carbonyl (C=O) groups is 3. The minimum Gasteiger partial charge on any atom is -0.385 e. The highest BCUT2D eigenvalue weighted by molar-refractivity contribution is 6.34. The van der Waals surface area contributed by atoms with Crippen LogP contribution in [0.5, 0.6) is 0 Å². The molecule has 3 amide bonds. The number of halogens is 2. The number of methoxy groups -OCH3 is 1. The number of ether oxygens (including phenoxy) is 1. The Bertz CT molecular complexity index is 1630. The van der Waals surface area contributed by atoms with E-state index in [0.717, 1.165) is 16.5 Å². The predicted molar refractivity (Wildman–Crippen MR) is 164 cm³/mol. The van der Waals surface area contributed by atoms with Gasteiger partial charge in [0.25, 0.3) is 11.8 Å². The molecule has 42 heavy (non-hydrogen) atoms. The van der Waals surface area contributed by atoms with Crippen LogP contribution >= 0.6 is 11.6 Å². The summed E-state index contributed by atoms with van der Waals surface area (Å²) in [6.45, 7) is 6.67. The van der Waals surface area contributed by atoms with E-state index >= 15 is 0 Å². The number of carbonyl (C=O) groups excluding carboxylic acids is 3. The van der Waals surface area contributed by atoms with Crippen LogP contribution in [0.3, 0.4) is 0 Å². The number of amides is 3. The van der Waals surface area contributed by atoms with Crippen LogP contribution in [-0.2, 0) is 22.6 Å². The molecule has 0 atom stereocenters. The molecule has 0 aliphatic heterocycles. The summed E-state index contributed by atoms with van der Waals surface area (Å²) < 4.78 is 20.7. The number of anilines is 2. The third kappa shape index (κ3) is 7.35. The lowest BCUT2D eigenvalue weighted by Gasteiger charge is -2.13. The topological polar surface area (TPSA) is 101 Å². The molecule has 0 aliphatic rings. The lowest BCUT2D eigenvalue weighted by atomic mass is 10.1. The van der Waals surface area contributed by atoms with Crippen LogP contribution in [-0.4, -0.2) is 36.0 Å². The van der Waals surface area contributed by atoms with Gasteiger partial charge in [-0.25, -0.2) is 4.39 Å². The third-order valence-electron chi connectivity index (χ3n) is 6.83. The fourth-order valence-corrected chi connectivity index (χ4v) is 4.75. The van der Waals surface area contributed by atoms with Gasteiger partial charge in [-0.2, -0.15) is 0 Å². The van der Waals surface area contributed by atoms with Gasteiger partial charge in [-0.05, 0) is 79.1 Å². The van der Waals surface area contributed by atoms with E-state index in [9.17, 15) is 18.8 Å². The Labute approximate surface area is 249 Å². The second-order valence-electron chi connectivity index (χ2n) is 10.4. The molecular formula is C32H34ClFN4O4. The van der Waals surface area contributed by atoms with Gasteiger partial charge in [0, 0.05) is 55.0 Å². The van der Waals surface area contributed by atoms with Gasteiger partial charge in [0.1, 0.15) is 11.5 Å². The molecule has 0 unspecified atom stereocenters. The maximum atomic E-state index is 13.6. The Kier molecular flexibility index (Phi) is 9.98. The van der Waals surface area contributed by atoms with Crippen molar-refractivity contribution in [3.8, 4) is 0 Å². The summed E-state index contributed by atoms with van der Waals surface area (Å²) in [5.74, 6) is -1.35. The molecule has 3 N–H and O–H groups in total. The minimum atomic E-state index is -0.402. The van der Waals surface area contributed by atoms with E-state index in [1.807, 2.05) is 24.5 Å². The molecule has 8 nitrogen and oxygen atoms in total. The van der Waals surface area contributed by atoms with Gasteiger partial charge in [0.15, 0.2) is 0 Å². The standard InChI is InChI=1S/C32H34ClFN4O4/c1-19(2)30(39)35-18-21-6-9-26(33)25(15-21)31(40)36-24-8-11-28-22(16-24)17-29(38(28)12-5-13-42-4)32(41)37-27-10-7-23(34)14-20(27)3/h6-11,14-17,19H,5,12-13,18H2,1-4H3,(H,35,39)(H,36,40)(H,37,41). The number of hydrogen-bond acceptors (Lipinski definition) is 4. The molecule has 3 aromatic carbocycles. The average Bonchev–Trinajstić information content (AvgIpc) is 3.31. The average molecular weight is 593 g/mol. The summed E-state index contributed by atoms with van der Waals surface area (Å²) in [7, 11) is 1.62. The van der Waals surface area contributed by atoms with E-state index in [4.69, 9.17) is 16.3 Å². The number of hydrogen-bond donors (Lipinski definition) is 3. The highest BCUT2D eigenvalue weighted by Gasteiger charge is 2.18. The molecule has 0 fully saturated rings. The zero-order valence-corrected chi connectivity index (χ0v) is 24.8. The highest BCUT2D eigenvalue weighted by Crippen LogP contribution is 2.27. The van der Waals surface area contributed by atoms with Crippen molar-refractivity contribution in [1.29, 1.82) is 0 Å². The van der Waals surface area contributed by atoms with E-state index < -0.39 is 5.91 Å². The number of aryl methyl sites for hydroxylation is 2. The van der Waals surface area contributed by atoms with E-state index in [1.165, 1.54) is 18.2 Å². The van der Waals surface area contributed by atoms with E-state index in [2.05, 4.69) is 16.0 Å². The second-order valence-corrected chi connectivity index (χ2v) is 10.8. The second kappa shape index (κ2) is 13.6. The van der Waals surface area contributed by atoms with Gasteiger partial charge >= 0.3 is 0 Å². The molecular weight excluding hydrogens is 559 g/mol. The summed E-state index contributed by atoms with van der Waals surface area (Å²) in [5, 5.41) is 9.64. The summed E-state index contributed by atoms with van der Waals surface area (Å²) >= 11 is 6.34. The lowest BCUT2D eigenvalue weighted by Crippen LogP contribution is -2.27. The quantitative estimate of drug-likeness (QED) is 0.172. The van der Waals surface area contributed by atoms with Gasteiger partial charge in [-0.1, -0.05) is 31.5 Å². The largest absolute Gasteiger partial charge is 0.385 e. The normalized spacial score (nSPS) is 11.1. The van der Waals surface area contributed by atoms with Gasteiger partial charge < -0.3 is 25.3 Å². The van der Waals surface area contributed by atoms with Crippen LogP contribution in [0.2, 0.25) is 5.02 Å². The molecule has 0 saturated heterocycles. The molecule has 0 saturated carbocycles. The van der Waals surface area contributed by atoms with Crippen molar-refractivity contribution >= 4 is 51.6 Å². The first-order valence-corrected chi connectivity index (χ1v) is 14.0. The number of benzene rings is 3. The minimum absolute atomic E-state index is 0.0840. The van der Waals surface area contributed by atoms with Crippen molar-refractivity contribution < 1.29 is 23.5 Å². The van der Waals surface area contributed by atoms with E-state index in [1.54, 1.807) is 50.4 Å². The van der Waals surface area contributed by atoms with Crippen LogP contribution in [0, 0.1) is 18.7 Å². The molecule has 0 spiro atoms. The number of rotatable bonds is 11. The molecule has 4 aromatic rings. The van der Waals surface area contributed by atoms with Crippen molar-refractivity contribution in [2.45, 2.75) is 40.3 Å². The maximum Gasteiger partial charge on any atom is 0.272 e. The first-order valence-electron chi connectivity index (χ1n) is 13.6. The summed E-state index contributed by atoms with van der Waals surface area (Å²) in [4.78, 5) is 38.5. The van der Waals surface area contributed by atoms with Gasteiger partial charge in [-0.15, -0.1) is 0 Å². The van der Waals surface area contributed by atoms with Crippen molar-refractivity contribution in [3.63, 3.8) is 0 Å². The third-order valence-corrected chi connectivity index (χ3v) is 7.15. The monoisotopic (exact) mass is 592 g/mol. The Hall–Kier alpha value is -4.21. The van der Waals surface area contributed by atoms with E-state index in [0.29, 0.717) is 42.2 Å². The lowest BCUT2D eigenvalue weighted by molar-refractivity contribution is -0.124. The highest BCUT2D eigenvalue weighted by atomic mass is 35.5. The molecule has 10 heteroatoms. The number of nitrogens with one attached hydrogen (secondary N) is 3. The van der Waals surface area contributed by atoms with Crippen molar-refractivity contribution in [1.82, 2.24) is 9.88 Å². The molecule has 0 radical (unpaired) electrons. The first kappa shape index (κ1) is 30.7. The van der Waals surface area contributed by atoms with Crippen molar-refractivity contribution in [3.05, 3.63) is 93.9 Å². The number of nitrogens with zero attached hydrogens (tertiary/aromatic N) is 1. The Balaban J connectivity index is 1.58. The molecule has 1 aromatic heterocycles. The summed E-state index contributed by atoms with van der Waals surface area (Å²) in [5.41, 5.74) is 3.91. The van der Waals surface area contributed by atoms with Crippen LogP contribution in [0.25, 0.3) is 10.9 Å².